The van der Waals surface area contributed by atoms with Crippen molar-refractivity contribution < 1.29 is 43.0 Å². The number of ketones is 1. The summed E-state index contributed by atoms with van der Waals surface area (Å²) >= 11 is 12.2. The molecule has 3 aliphatic rings. The summed E-state index contributed by atoms with van der Waals surface area (Å²) in [4.78, 5) is 92.0. The van der Waals surface area contributed by atoms with Crippen LogP contribution < -0.4 is 16.0 Å². The molecular formula is C33H41Cl2N5O9. The van der Waals surface area contributed by atoms with Crippen LogP contribution in [-0.4, -0.2) is 95.4 Å². The highest BCUT2D eigenvalue weighted by atomic mass is 35.5. The number of halogens is 2. The molecular weight excluding hydrogens is 681 g/mol. The molecule has 2 heterocycles. The van der Waals surface area contributed by atoms with E-state index >= 15 is 0 Å². The Morgan fingerprint density at radius 1 is 0.959 bits per heavy atom. The number of Topliss-reactive ketones (excluding diaryl/α,β-unsaturated/α-hetero) is 1. The maximum Gasteiger partial charge on any atom is 0.341 e. The molecule has 2 saturated heterocycles. The van der Waals surface area contributed by atoms with E-state index in [-0.39, 0.29) is 72.8 Å². The van der Waals surface area contributed by atoms with Crippen LogP contribution in [0.2, 0.25) is 10.0 Å². The second-order valence-corrected chi connectivity index (χ2v) is 12.9. The van der Waals surface area contributed by atoms with E-state index < -0.39 is 60.3 Å². The van der Waals surface area contributed by atoms with Crippen LogP contribution in [0.3, 0.4) is 0 Å². The number of hydrogen-bond acceptors (Lipinski definition) is 9. The molecule has 0 radical (unpaired) electrons. The standard InChI is InChI=1S/C33H41Cl2N5O9/c1-2-18-48-28(43)16-14-23(26(41)19-49-32(46)29-21(34)10-6-11-22(29)35)37-30(44)25-12-7-17-39-27(42)15-13-24(31(45)40(25)39)38-33(47)36-20-8-4-3-5-9-20/h2,6,10-11,20,23-25H,1,3-5,7-9,12-19H2,(H,37,44)(H2,36,38,47)/t23-,24-,25-/m0/s1. The summed E-state index contributed by atoms with van der Waals surface area (Å²) in [6.07, 6.45) is 6.21. The minimum Gasteiger partial charge on any atom is -0.461 e. The van der Waals surface area contributed by atoms with Gasteiger partial charge in [0.1, 0.15) is 18.7 Å². The first-order chi connectivity index (χ1) is 23.5. The predicted molar refractivity (Wildman–Crippen MR) is 177 cm³/mol. The number of hydrazine groups is 1. The van der Waals surface area contributed by atoms with Gasteiger partial charge in [0.2, 0.25) is 11.8 Å². The Hall–Kier alpha value is -4.17. The lowest BCUT2D eigenvalue weighted by atomic mass is 9.96. The van der Waals surface area contributed by atoms with E-state index in [4.69, 9.17) is 32.7 Å². The number of esters is 2. The van der Waals surface area contributed by atoms with Gasteiger partial charge < -0.3 is 25.4 Å². The second-order valence-electron chi connectivity index (χ2n) is 12.1. The fourth-order valence-corrected chi connectivity index (χ4v) is 6.66. The number of nitrogens with zero attached hydrogens (tertiary/aromatic N) is 2. The first-order valence-corrected chi connectivity index (χ1v) is 17.2. The molecule has 1 aliphatic carbocycles. The summed E-state index contributed by atoms with van der Waals surface area (Å²) in [5.41, 5.74) is -0.144. The SMILES string of the molecule is C=CCOC(=O)CC[C@H](NC(=O)[C@@H]1CCCN2C(=O)CC[C@H](NC(=O)NC3CCCCC3)C(=O)N12)C(=O)COC(=O)c1c(Cl)cccc1Cl. The van der Waals surface area contributed by atoms with Gasteiger partial charge in [0.15, 0.2) is 12.4 Å². The van der Waals surface area contributed by atoms with E-state index in [1.807, 2.05) is 0 Å². The lowest BCUT2D eigenvalue weighted by molar-refractivity contribution is -0.176. The topological polar surface area (TPSA) is 181 Å². The lowest BCUT2D eigenvalue weighted by Crippen LogP contribution is -2.65. The molecule has 0 unspecified atom stereocenters. The third kappa shape index (κ3) is 10.2. The lowest BCUT2D eigenvalue weighted by Gasteiger charge is -2.43. The van der Waals surface area contributed by atoms with Crippen LogP contribution in [0.25, 0.3) is 0 Å². The van der Waals surface area contributed by atoms with Gasteiger partial charge in [-0.2, -0.15) is 0 Å². The molecule has 5 amide bonds. The maximum absolute atomic E-state index is 13.9. The molecule has 4 rings (SSSR count). The quantitative estimate of drug-likeness (QED) is 0.204. The first kappa shape index (κ1) is 37.6. The zero-order valence-electron chi connectivity index (χ0n) is 27.0. The molecule has 0 spiro atoms. The minimum atomic E-state index is -1.35. The Morgan fingerprint density at radius 2 is 1.67 bits per heavy atom. The van der Waals surface area contributed by atoms with Crippen molar-refractivity contribution in [3.8, 4) is 0 Å². The highest BCUT2D eigenvalue weighted by Crippen LogP contribution is 2.27. The molecule has 2 aliphatic heterocycles. The highest BCUT2D eigenvalue weighted by Gasteiger charge is 2.45. The van der Waals surface area contributed by atoms with Crippen molar-refractivity contribution in [1.82, 2.24) is 26.0 Å². The predicted octanol–water partition coefficient (Wildman–Crippen LogP) is 3.24. The monoisotopic (exact) mass is 721 g/mol. The molecule has 3 atom stereocenters. The van der Waals surface area contributed by atoms with Gasteiger partial charge in [0.25, 0.3) is 5.91 Å². The van der Waals surface area contributed by atoms with Crippen molar-refractivity contribution in [2.45, 2.75) is 94.8 Å². The number of carbonyl (C=O) groups is 7. The number of carbonyl (C=O) groups excluding carboxylic acids is 7. The number of urea groups is 1. The average Bonchev–Trinajstić information content (AvgIpc) is 3.20. The van der Waals surface area contributed by atoms with E-state index in [0.29, 0.717) is 6.42 Å². The smallest absolute Gasteiger partial charge is 0.341 e. The molecule has 3 fully saturated rings. The molecule has 0 bridgehead atoms. The van der Waals surface area contributed by atoms with Crippen LogP contribution in [0.5, 0.6) is 0 Å². The third-order valence-electron chi connectivity index (χ3n) is 8.63. The zero-order chi connectivity index (χ0) is 35.5. The molecule has 266 valence electrons. The largest absolute Gasteiger partial charge is 0.461 e. The summed E-state index contributed by atoms with van der Waals surface area (Å²) in [6, 6.07) is 0.229. The van der Waals surface area contributed by atoms with Crippen molar-refractivity contribution in [1.29, 1.82) is 0 Å². The van der Waals surface area contributed by atoms with Crippen molar-refractivity contribution >= 4 is 64.7 Å². The molecule has 16 heteroatoms. The maximum atomic E-state index is 13.9. The van der Waals surface area contributed by atoms with E-state index in [1.54, 1.807) is 0 Å². The third-order valence-corrected chi connectivity index (χ3v) is 9.26. The van der Waals surface area contributed by atoms with Gasteiger partial charge in [0, 0.05) is 25.4 Å². The number of nitrogens with one attached hydrogen (secondary N) is 3. The first-order valence-electron chi connectivity index (χ1n) is 16.4. The Labute approximate surface area is 294 Å². The number of hydrogen-bond donors (Lipinski definition) is 3. The number of rotatable bonds is 13. The summed E-state index contributed by atoms with van der Waals surface area (Å²) in [6.45, 7) is 2.81. The van der Waals surface area contributed by atoms with Crippen molar-refractivity contribution in [3.63, 3.8) is 0 Å². The van der Waals surface area contributed by atoms with Crippen LogP contribution in [0.1, 0.15) is 81.0 Å². The van der Waals surface area contributed by atoms with E-state index in [1.165, 1.54) is 29.3 Å². The van der Waals surface area contributed by atoms with Gasteiger partial charge >= 0.3 is 18.0 Å². The molecule has 3 N–H and O–H groups in total. The van der Waals surface area contributed by atoms with Crippen molar-refractivity contribution in [2.24, 2.45) is 0 Å². The van der Waals surface area contributed by atoms with Gasteiger partial charge in [-0.1, -0.05) is 61.2 Å². The van der Waals surface area contributed by atoms with Crippen molar-refractivity contribution in [2.75, 3.05) is 19.8 Å². The average molecular weight is 723 g/mol. The Morgan fingerprint density at radius 3 is 2.37 bits per heavy atom. The van der Waals surface area contributed by atoms with E-state index in [0.717, 1.165) is 37.1 Å². The van der Waals surface area contributed by atoms with Gasteiger partial charge in [-0.3, -0.25) is 29.0 Å². The van der Waals surface area contributed by atoms with Gasteiger partial charge in [0.05, 0.1) is 21.7 Å². The molecule has 49 heavy (non-hydrogen) atoms. The van der Waals surface area contributed by atoms with Crippen LogP contribution >= 0.6 is 23.2 Å². The second kappa shape index (κ2) is 18.0. The number of ether oxygens (including phenoxy) is 2. The van der Waals surface area contributed by atoms with E-state index in [2.05, 4.69) is 22.5 Å². The fraction of sp³-hybridized carbons (Fsp3) is 0.545. The summed E-state index contributed by atoms with van der Waals surface area (Å²) in [7, 11) is 0. The minimum absolute atomic E-state index is 0.00858. The highest BCUT2D eigenvalue weighted by molar-refractivity contribution is 6.39. The Kier molecular flexibility index (Phi) is 13.8. The molecule has 1 saturated carbocycles. The number of amides is 5. The fourth-order valence-electron chi connectivity index (χ4n) is 6.11. The zero-order valence-corrected chi connectivity index (χ0v) is 28.6. The molecule has 0 aromatic heterocycles. The summed E-state index contributed by atoms with van der Waals surface area (Å²) in [5, 5.41) is 10.5. The van der Waals surface area contributed by atoms with Crippen molar-refractivity contribution in [3.05, 3.63) is 46.5 Å². The molecule has 14 nitrogen and oxygen atoms in total. The van der Waals surface area contributed by atoms with Crippen LogP contribution in [-0.2, 0) is 33.4 Å². The molecule has 1 aromatic carbocycles. The summed E-state index contributed by atoms with van der Waals surface area (Å²) in [5.74, 6) is -4.18. The van der Waals surface area contributed by atoms with Gasteiger partial charge in [-0.25, -0.2) is 14.6 Å². The molecule has 1 aromatic rings. The van der Waals surface area contributed by atoms with Crippen LogP contribution in [0.15, 0.2) is 30.9 Å². The van der Waals surface area contributed by atoms with E-state index in [9.17, 15) is 33.6 Å². The summed E-state index contributed by atoms with van der Waals surface area (Å²) < 4.78 is 10.2. The number of benzene rings is 1. The van der Waals surface area contributed by atoms with Crippen LogP contribution in [0, 0.1) is 0 Å². The van der Waals surface area contributed by atoms with Gasteiger partial charge in [-0.05, 0) is 50.7 Å². The van der Waals surface area contributed by atoms with Crippen LogP contribution in [0.4, 0.5) is 4.79 Å². The van der Waals surface area contributed by atoms with Gasteiger partial charge in [-0.15, -0.1) is 0 Å². The Balaban J connectivity index is 1.48. The number of fused-ring (bicyclic) bond motifs is 1. The Bertz CT molecular complexity index is 1430. The normalized spacial score (nSPS) is 20.3.